The molecule has 0 saturated heterocycles. The Labute approximate surface area is 140 Å². The molecule has 3 aromatic rings. The highest BCUT2D eigenvalue weighted by Crippen LogP contribution is 2.29. The molecule has 1 aliphatic carbocycles. The normalized spacial score (nSPS) is 17.0. The largest absolute Gasteiger partial charge is 0.349 e. The van der Waals surface area contributed by atoms with Gasteiger partial charge in [-0.3, -0.25) is 9.48 Å². The van der Waals surface area contributed by atoms with Gasteiger partial charge in [-0.25, -0.2) is 4.98 Å². The number of rotatable bonds is 3. The number of hydrogen-bond donors (Lipinski definition) is 1. The molecule has 0 aliphatic heterocycles. The highest BCUT2D eigenvalue weighted by molar-refractivity contribution is 5.79. The molecule has 0 spiro atoms. The van der Waals surface area contributed by atoms with Crippen LogP contribution >= 0.6 is 0 Å². The summed E-state index contributed by atoms with van der Waals surface area (Å²) < 4.78 is 3.89. The predicted octanol–water partition coefficient (Wildman–Crippen LogP) is 2.11. The number of fused-ring (bicyclic) bond motifs is 2. The molecule has 3 aromatic heterocycles. The molecule has 124 valence electrons. The summed E-state index contributed by atoms with van der Waals surface area (Å²) in [6, 6.07) is 4.08. The Morgan fingerprint density at radius 2 is 2.33 bits per heavy atom. The molecule has 0 fully saturated rings. The van der Waals surface area contributed by atoms with Crippen molar-refractivity contribution in [2.75, 3.05) is 0 Å². The Bertz CT molecular complexity index is 907. The Balaban J connectivity index is 1.50. The second-order valence-corrected chi connectivity index (χ2v) is 6.51. The number of hydrogen-bond acceptors (Lipinski definition) is 3. The first-order valence-electron chi connectivity index (χ1n) is 8.35. The fourth-order valence-electron chi connectivity index (χ4n) is 3.56. The first kappa shape index (κ1) is 14.9. The van der Waals surface area contributed by atoms with Crippen molar-refractivity contribution in [2.45, 2.75) is 38.6 Å². The zero-order valence-corrected chi connectivity index (χ0v) is 14.0. The topological polar surface area (TPSA) is 64.2 Å². The van der Waals surface area contributed by atoms with Crippen molar-refractivity contribution in [3.8, 4) is 0 Å². The van der Waals surface area contributed by atoms with E-state index >= 15 is 0 Å². The van der Waals surface area contributed by atoms with Crippen LogP contribution in [0.15, 0.2) is 30.7 Å². The van der Waals surface area contributed by atoms with E-state index in [1.807, 2.05) is 53.8 Å². The van der Waals surface area contributed by atoms with Gasteiger partial charge in [0.05, 0.1) is 24.4 Å². The average Bonchev–Trinajstić information content (AvgIpc) is 3.13. The van der Waals surface area contributed by atoms with Crippen LogP contribution in [-0.4, -0.2) is 25.1 Å². The van der Waals surface area contributed by atoms with E-state index in [0.29, 0.717) is 6.42 Å². The molecule has 0 bridgehead atoms. The van der Waals surface area contributed by atoms with E-state index in [0.717, 1.165) is 41.7 Å². The van der Waals surface area contributed by atoms with Crippen molar-refractivity contribution >= 4 is 11.6 Å². The number of nitrogens with zero attached hydrogens (tertiary/aromatic N) is 4. The Kier molecular flexibility index (Phi) is 3.59. The highest BCUT2D eigenvalue weighted by Gasteiger charge is 2.24. The fourth-order valence-corrected chi connectivity index (χ4v) is 3.56. The lowest BCUT2D eigenvalue weighted by Gasteiger charge is -2.23. The first-order chi connectivity index (χ1) is 11.6. The smallest absolute Gasteiger partial charge is 0.226 e. The van der Waals surface area contributed by atoms with Crippen molar-refractivity contribution in [1.29, 1.82) is 0 Å². The molecule has 0 radical (unpaired) electrons. The number of imidazole rings is 1. The summed E-state index contributed by atoms with van der Waals surface area (Å²) in [7, 11) is 1.96. The molecule has 1 atom stereocenters. The number of aryl methyl sites for hydroxylation is 2. The maximum absolute atomic E-state index is 12.5. The molecular weight excluding hydrogens is 302 g/mol. The minimum atomic E-state index is 0.0118. The minimum Gasteiger partial charge on any atom is -0.349 e. The molecule has 4 rings (SSSR count). The van der Waals surface area contributed by atoms with Crippen molar-refractivity contribution in [3.63, 3.8) is 0 Å². The van der Waals surface area contributed by atoms with E-state index in [-0.39, 0.29) is 11.9 Å². The van der Waals surface area contributed by atoms with E-state index in [9.17, 15) is 4.79 Å². The van der Waals surface area contributed by atoms with E-state index in [4.69, 9.17) is 0 Å². The number of aromatic nitrogens is 4. The van der Waals surface area contributed by atoms with Crippen LogP contribution in [0.25, 0.3) is 5.65 Å². The third kappa shape index (κ3) is 2.58. The van der Waals surface area contributed by atoms with Crippen molar-refractivity contribution in [1.82, 2.24) is 24.5 Å². The maximum Gasteiger partial charge on any atom is 0.226 e. The monoisotopic (exact) mass is 323 g/mol. The number of pyridine rings is 1. The van der Waals surface area contributed by atoms with Gasteiger partial charge in [0.15, 0.2) is 0 Å². The van der Waals surface area contributed by atoms with Gasteiger partial charge in [0.25, 0.3) is 0 Å². The lowest BCUT2D eigenvalue weighted by Crippen LogP contribution is -2.32. The second-order valence-electron chi connectivity index (χ2n) is 6.51. The van der Waals surface area contributed by atoms with E-state index in [1.165, 1.54) is 5.69 Å². The molecule has 6 heteroatoms. The predicted molar refractivity (Wildman–Crippen MR) is 90.7 cm³/mol. The highest BCUT2D eigenvalue weighted by atomic mass is 16.1. The zero-order chi connectivity index (χ0) is 16.7. The summed E-state index contributed by atoms with van der Waals surface area (Å²) >= 11 is 0. The summed E-state index contributed by atoms with van der Waals surface area (Å²) in [5.41, 5.74) is 5.20. The summed E-state index contributed by atoms with van der Waals surface area (Å²) in [6.45, 7) is 2.03. The minimum absolute atomic E-state index is 0.0118. The fraction of sp³-hybridized carbons (Fsp3) is 0.389. The van der Waals surface area contributed by atoms with Crippen LogP contribution in [0, 0.1) is 6.92 Å². The Morgan fingerprint density at radius 3 is 3.17 bits per heavy atom. The first-order valence-corrected chi connectivity index (χ1v) is 8.35. The molecule has 0 aromatic carbocycles. The maximum atomic E-state index is 12.5. The third-order valence-corrected chi connectivity index (χ3v) is 4.78. The van der Waals surface area contributed by atoms with E-state index in [1.54, 1.807) is 0 Å². The van der Waals surface area contributed by atoms with Crippen LogP contribution in [0.2, 0.25) is 0 Å². The lowest BCUT2D eigenvalue weighted by molar-refractivity contribution is -0.121. The second kappa shape index (κ2) is 5.78. The molecule has 24 heavy (non-hydrogen) atoms. The summed E-state index contributed by atoms with van der Waals surface area (Å²) in [6.07, 6.45) is 9.14. The molecular formula is C18H21N5O. The van der Waals surface area contributed by atoms with Crippen molar-refractivity contribution in [2.24, 2.45) is 7.05 Å². The van der Waals surface area contributed by atoms with Gasteiger partial charge < -0.3 is 9.72 Å². The summed E-state index contributed by atoms with van der Waals surface area (Å²) in [5.74, 6) is 0.0118. The molecule has 1 unspecified atom stereocenters. The summed E-state index contributed by atoms with van der Waals surface area (Å²) in [4.78, 5) is 17.1. The van der Waals surface area contributed by atoms with Crippen LogP contribution in [0.1, 0.15) is 41.4 Å². The number of carbonyl (C=O) groups is 1. The Morgan fingerprint density at radius 1 is 1.46 bits per heavy atom. The summed E-state index contributed by atoms with van der Waals surface area (Å²) in [5, 5.41) is 7.48. The van der Waals surface area contributed by atoms with Crippen LogP contribution in [-0.2, 0) is 24.7 Å². The van der Waals surface area contributed by atoms with Crippen LogP contribution in [0.5, 0.6) is 0 Å². The van der Waals surface area contributed by atoms with Gasteiger partial charge in [-0.1, -0.05) is 6.07 Å². The van der Waals surface area contributed by atoms with E-state index < -0.39 is 0 Å². The van der Waals surface area contributed by atoms with E-state index in [2.05, 4.69) is 15.4 Å². The standard InChI is InChI=1S/C18H21N5O/c1-12-5-4-8-23-11-13(20-18(12)23)9-17(24)21-15-6-3-7-16-14(15)10-19-22(16)2/h4-5,8,10-11,15H,3,6-7,9H2,1-2H3,(H,21,24). The average molecular weight is 323 g/mol. The molecule has 6 nitrogen and oxygen atoms in total. The number of amides is 1. The van der Waals surface area contributed by atoms with Crippen molar-refractivity contribution in [3.05, 3.63) is 53.2 Å². The van der Waals surface area contributed by atoms with Gasteiger partial charge in [0.2, 0.25) is 5.91 Å². The molecule has 1 N–H and O–H groups in total. The molecule has 0 saturated carbocycles. The van der Waals surface area contributed by atoms with Crippen molar-refractivity contribution < 1.29 is 4.79 Å². The SMILES string of the molecule is Cc1cccn2cc(CC(=O)NC3CCCc4c3cnn4C)nc12. The number of carbonyl (C=O) groups excluding carboxylic acids is 1. The van der Waals surface area contributed by atoms with Gasteiger partial charge >= 0.3 is 0 Å². The van der Waals surface area contributed by atoms with Gasteiger partial charge in [0.1, 0.15) is 5.65 Å². The number of nitrogens with one attached hydrogen (secondary N) is 1. The van der Waals surface area contributed by atoms with Gasteiger partial charge in [-0.2, -0.15) is 5.10 Å². The zero-order valence-electron chi connectivity index (χ0n) is 14.0. The van der Waals surface area contributed by atoms with Gasteiger partial charge in [0, 0.05) is 30.7 Å². The lowest BCUT2D eigenvalue weighted by atomic mass is 9.93. The van der Waals surface area contributed by atoms with Gasteiger partial charge in [-0.05, 0) is 37.8 Å². The van der Waals surface area contributed by atoms with Crippen LogP contribution < -0.4 is 5.32 Å². The molecule has 1 aliphatic rings. The quantitative estimate of drug-likeness (QED) is 0.803. The van der Waals surface area contributed by atoms with Crippen LogP contribution in [0.3, 0.4) is 0 Å². The molecule has 3 heterocycles. The Hall–Kier alpha value is -2.63. The van der Waals surface area contributed by atoms with Crippen LogP contribution in [0.4, 0.5) is 0 Å². The third-order valence-electron chi connectivity index (χ3n) is 4.78. The van der Waals surface area contributed by atoms with Gasteiger partial charge in [-0.15, -0.1) is 0 Å². The molecule has 1 amide bonds.